The van der Waals surface area contributed by atoms with Crippen LogP contribution in [-0.2, 0) is 4.74 Å². The molecule has 2 N–H and O–H groups in total. The van der Waals surface area contributed by atoms with Gasteiger partial charge in [0.05, 0.1) is 27.8 Å². The first-order valence-electron chi connectivity index (χ1n) is 12.3. The monoisotopic (exact) mass is 574 g/mol. The van der Waals surface area contributed by atoms with E-state index in [9.17, 15) is 19.7 Å². The van der Waals surface area contributed by atoms with Crippen LogP contribution in [0.3, 0.4) is 0 Å². The summed E-state index contributed by atoms with van der Waals surface area (Å²) in [5.74, 6) is -0.441. The van der Waals surface area contributed by atoms with Crippen LogP contribution < -0.4 is 10.6 Å². The number of likely N-dealkylation sites (tertiary alicyclic amines) is 2. The lowest BCUT2D eigenvalue weighted by molar-refractivity contribution is -0.384. The largest absolute Gasteiger partial charge is 0.387 e. The van der Waals surface area contributed by atoms with Crippen molar-refractivity contribution in [2.24, 2.45) is 0 Å². The SMILES string of the molecule is CNc1cncc(C(=O)N2CCC[C@@H](Nc3c(C(=O)N4CCC[C@H](OC)C4)cc(Br)cc3[N+](=O)[O-])C2)c1. The number of nitro groups is 1. The summed E-state index contributed by atoms with van der Waals surface area (Å²) in [4.78, 5) is 45.8. The number of carbonyl (C=O) groups is 2. The Kier molecular flexibility index (Phi) is 8.59. The molecule has 2 fully saturated rings. The Morgan fingerprint density at radius 1 is 1.11 bits per heavy atom. The summed E-state index contributed by atoms with van der Waals surface area (Å²) in [6.45, 7) is 1.91. The second kappa shape index (κ2) is 11.9. The number of halogens is 1. The predicted octanol–water partition coefficient (Wildman–Crippen LogP) is 3.76. The molecule has 12 heteroatoms. The fourth-order valence-electron chi connectivity index (χ4n) is 4.90. The standard InChI is InChI=1S/C25H31BrN6O5/c1-27-19-9-16(12-28-13-19)24(33)30-7-3-5-18(14-30)29-23-21(10-17(26)11-22(23)32(35)36)25(34)31-8-4-6-20(15-31)37-2/h9-13,18,20,27,29H,3-8,14-15H2,1-2H3/t18-,20+/m1/s1. The number of rotatable bonds is 7. The lowest BCUT2D eigenvalue weighted by Crippen LogP contribution is -2.46. The van der Waals surface area contributed by atoms with Crippen LogP contribution in [0.25, 0.3) is 0 Å². The van der Waals surface area contributed by atoms with Crippen molar-refractivity contribution in [3.63, 3.8) is 0 Å². The lowest BCUT2D eigenvalue weighted by atomic mass is 10.0. The molecule has 3 heterocycles. The molecule has 2 saturated heterocycles. The molecule has 2 aromatic rings. The number of carbonyl (C=O) groups excluding carboxylic acids is 2. The van der Waals surface area contributed by atoms with Gasteiger partial charge in [0.1, 0.15) is 5.69 Å². The second-order valence-corrected chi connectivity index (χ2v) is 10.2. The highest BCUT2D eigenvalue weighted by molar-refractivity contribution is 9.10. The van der Waals surface area contributed by atoms with Crippen LogP contribution in [0.15, 0.2) is 35.1 Å². The highest BCUT2D eigenvalue weighted by atomic mass is 79.9. The molecule has 1 aromatic heterocycles. The van der Waals surface area contributed by atoms with Crippen LogP contribution in [0.5, 0.6) is 0 Å². The molecular weight excluding hydrogens is 544 g/mol. The van der Waals surface area contributed by atoms with Crippen LogP contribution >= 0.6 is 15.9 Å². The number of nitro benzene ring substituents is 1. The summed E-state index contributed by atoms with van der Waals surface area (Å²) >= 11 is 3.33. The van der Waals surface area contributed by atoms with Gasteiger partial charge in [0.2, 0.25) is 0 Å². The number of aromatic nitrogens is 1. The topological polar surface area (TPSA) is 130 Å². The van der Waals surface area contributed by atoms with Crippen molar-refractivity contribution >= 4 is 44.8 Å². The molecule has 2 amide bonds. The van der Waals surface area contributed by atoms with Crippen LogP contribution in [0.2, 0.25) is 0 Å². The van der Waals surface area contributed by atoms with Gasteiger partial charge in [0, 0.05) is 69.3 Å². The second-order valence-electron chi connectivity index (χ2n) is 9.30. The Hall–Kier alpha value is -3.25. The number of nitrogens with one attached hydrogen (secondary N) is 2. The van der Waals surface area contributed by atoms with Crippen molar-refractivity contribution in [1.29, 1.82) is 0 Å². The van der Waals surface area contributed by atoms with Crippen molar-refractivity contribution in [2.45, 2.75) is 37.8 Å². The number of pyridine rings is 1. The number of piperidine rings is 2. The van der Waals surface area contributed by atoms with Crippen LogP contribution in [0.1, 0.15) is 46.4 Å². The molecule has 198 valence electrons. The number of amides is 2. The summed E-state index contributed by atoms with van der Waals surface area (Å²) in [5, 5.41) is 18.3. The van der Waals surface area contributed by atoms with Crippen molar-refractivity contribution in [1.82, 2.24) is 14.8 Å². The Balaban J connectivity index is 1.59. The first-order chi connectivity index (χ1) is 17.8. The molecule has 1 aromatic carbocycles. The number of hydrogen-bond donors (Lipinski definition) is 2. The van der Waals surface area contributed by atoms with E-state index < -0.39 is 4.92 Å². The minimum Gasteiger partial charge on any atom is -0.387 e. The molecule has 0 bridgehead atoms. The molecular formula is C25H31BrN6O5. The van der Waals surface area contributed by atoms with Crippen molar-refractivity contribution in [2.75, 3.05) is 51.0 Å². The molecule has 0 unspecified atom stereocenters. The molecule has 4 rings (SSSR count). The van der Waals surface area contributed by atoms with Gasteiger partial charge in [0.15, 0.2) is 0 Å². The van der Waals surface area contributed by atoms with Gasteiger partial charge in [-0.05, 0) is 37.8 Å². The third-order valence-electron chi connectivity index (χ3n) is 6.84. The number of nitrogens with zero attached hydrogens (tertiary/aromatic N) is 4. The Morgan fingerprint density at radius 3 is 2.54 bits per heavy atom. The smallest absolute Gasteiger partial charge is 0.294 e. The van der Waals surface area contributed by atoms with E-state index in [-0.39, 0.29) is 40.9 Å². The van der Waals surface area contributed by atoms with Crippen LogP contribution in [0, 0.1) is 10.1 Å². The molecule has 2 atom stereocenters. The van der Waals surface area contributed by atoms with Gasteiger partial charge >= 0.3 is 0 Å². The van der Waals surface area contributed by atoms with Crippen LogP contribution in [-0.4, -0.2) is 84.0 Å². The molecule has 0 saturated carbocycles. The maximum atomic E-state index is 13.6. The van der Waals surface area contributed by atoms with Gasteiger partial charge in [0.25, 0.3) is 17.5 Å². The summed E-state index contributed by atoms with van der Waals surface area (Å²) in [5.41, 5.74) is 1.42. The maximum absolute atomic E-state index is 13.6. The van der Waals surface area contributed by atoms with Gasteiger partial charge < -0.3 is 25.2 Å². The molecule has 0 radical (unpaired) electrons. The minimum absolute atomic E-state index is 0.0648. The summed E-state index contributed by atoms with van der Waals surface area (Å²) < 4.78 is 5.91. The minimum atomic E-state index is -0.487. The highest BCUT2D eigenvalue weighted by Gasteiger charge is 2.32. The summed E-state index contributed by atoms with van der Waals surface area (Å²) in [6.07, 6.45) is 6.19. The van der Waals surface area contributed by atoms with E-state index in [1.807, 2.05) is 0 Å². The van der Waals surface area contributed by atoms with E-state index in [0.717, 1.165) is 24.9 Å². The van der Waals surface area contributed by atoms with E-state index in [1.165, 1.54) is 12.3 Å². The third-order valence-corrected chi connectivity index (χ3v) is 7.30. The number of methoxy groups -OCH3 is 1. The number of benzene rings is 1. The van der Waals surface area contributed by atoms with E-state index in [4.69, 9.17) is 4.74 Å². The van der Waals surface area contributed by atoms with Crippen LogP contribution in [0.4, 0.5) is 17.1 Å². The zero-order valence-corrected chi connectivity index (χ0v) is 22.5. The number of ether oxygens (including phenoxy) is 1. The van der Waals surface area contributed by atoms with Gasteiger partial charge in [-0.15, -0.1) is 0 Å². The maximum Gasteiger partial charge on any atom is 0.294 e. The van der Waals surface area contributed by atoms with Crippen molar-refractivity contribution in [3.8, 4) is 0 Å². The fraction of sp³-hybridized carbons (Fsp3) is 0.480. The highest BCUT2D eigenvalue weighted by Crippen LogP contribution is 2.35. The van der Waals surface area contributed by atoms with Gasteiger partial charge in [-0.25, -0.2) is 0 Å². The first kappa shape index (κ1) is 26.8. The fourth-order valence-corrected chi connectivity index (χ4v) is 5.35. The Labute approximate surface area is 223 Å². The quantitative estimate of drug-likeness (QED) is 0.377. The first-order valence-corrected chi connectivity index (χ1v) is 13.1. The molecule has 2 aliphatic rings. The number of hydrogen-bond acceptors (Lipinski definition) is 8. The van der Waals surface area contributed by atoms with Crippen molar-refractivity contribution in [3.05, 3.63) is 56.3 Å². The lowest BCUT2D eigenvalue weighted by Gasteiger charge is -2.35. The van der Waals surface area contributed by atoms with Crippen molar-refractivity contribution < 1.29 is 19.2 Å². The van der Waals surface area contributed by atoms with E-state index in [0.29, 0.717) is 42.6 Å². The number of anilines is 2. The molecule has 0 spiro atoms. The predicted molar refractivity (Wildman–Crippen MR) is 143 cm³/mol. The molecule has 11 nitrogen and oxygen atoms in total. The molecule has 2 aliphatic heterocycles. The van der Waals surface area contributed by atoms with Gasteiger partial charge in [-0.1, -0.05) is 15.9 Å². The van der Waals surface area contributed by atoms with E-state index in [1.54, 1.807) is 42.3 Å². The van der Waals surface area contributed by atoms with E-state index in [2.05, 4.69) is 31.5 Å². The molecule has 0 aliphatic carbocycles. The zero-order chi connectivity index (χ0) is 26.5. The van der Waals surface area contributed by atoms with Gasteiger partial charge in [-0.2, -0.15) is 0 Å². The molecule has 37 heavy (non-hydrogen) atoms. The summed E-state index contributed by atoms with van der Waals surface area (Å²) in [6, 6.07) is 4.50. The van der Waals surface area contributed by atoms with Gasteiger partial charge in [-0.3, -0.25) is 24.7 Å². The van der Waals surface area contributed by atoms with E-state index >= 15 is 0 Å². The Morgan fingerprint density at radius 2 is 1.84 bits per heavy atom. The third kappa shape index (κ3) is 6.19. The average molecular weight is 575 g/mol. The summed E-state index contributed by atoms with van der Waals surface area (Å²) in [7, 11) is 3.38. The average Bonchev–Trinajstić information content (AvgIpc) is 2.93. The normalized spacial score (nSPS) is 19.9. The Bertz CT molecular complexity index is 1180. The zero-order valence-electron chi connectivity index (χ0n) is 20.9.